The summed E-state index contributed by atoms with van der Waals surface area (Å²) in [6.45, 7) is 0. The van der Waals surface area contributed by atoms with Crippen LogP contribution >= 0.6 is 0 Å². The van der Waals surface area contributed by atoms with Crippen LogP contribution in [0.3, 0.4) is 0 Å². The topological polar surface area (TPSA) is 95.7 Å². The third kappa shape index (κ3) is 3.52. The van der Waals surface area contributed by atoms with E-state index in [4.69, 9.17) is 14.6 Å². The predicted octanol–water partition coefficient (Wildman–Crippen LogP) is 2.28. The van der Waals surface area contributed by atoms with Crippen molar-refractivity contribution in [3.8, 4) is 0 Å². The number of hydrogen-bond acceptors (Lipinski definition) is 6. The Bertz CT molecular complexity index is 1130. The fourth-order valence-corrected chi connectivity index (χ4v) is 2.98. The molecule has 1 aliphatic rings. The normalized spacial score (nSPS) is 22.4. The minimum Gasteiger partial charge on any atom is -0.460 e. The Morgan fingerprint density at radius 2 is 1.88 bits per heavy atom. The highest BCUT2D eigenvalue weighted by molar-refractivity contribution is 7.86. The Hall–Kier alpha value is -2.94. The minimum atomic E-state index is -5.17. The lowest BCUT2D eigenvalue weighted by Crippen LogP contribution is -2.17. The molecule has 9 heteroatoms. The molecule has 6 nitrogen and oxygen atoms in total. The Morgan fingerprint density at radius 3 is 2.58 bits per heavy atom. The van der Waals surface area contributed by atoms with E-state index in [-0.39, 0.29) is 5.56 Å². The first kappa shape index (κ1) is 14.3. The fourth-order valence-electron chi connectivity index (χ4n) is 2.13. The number of hydrogen-bond donors (Lipinski definition) is 1. The first-order valence-corrected chi connectivity index (χ1v) is 8.50. The van der Waals surface area contributed by atoms with E-state index in [2.05, 4.69) is 4.18 Å². The van der Waals surface area contributed by atoms with Gasteiger partial charge in [0, 0.05) is 5.56 Å². The molecule has 3 rings (SSSR count). The van der Waals surface area contributed by atoms with Crippen molar-refractivity contribution in [1.29, 1.82) is 0 Å². The van der Waals surface area contributed by atoms with Crippen molar-refractivity contribution < 1.29 is 35.0 Å². The molecule has 2 N–H and O–H groups in total. The summed E-state index contributed by atoms with van der Waals surface area (Å²) >= 11 is 0. The first-order valence-electron chi connectivity index (χ1n) is 8.59. The fraction of sp³-hybridized carbons (Fsp3) is 0.118. The average Bonchev–Trinajstić information content (AvgIpc) is 2.88. The van der Waals surface area contributed by atoms with Gasteiger partial charge in [-0.1, -0.05) is 42.5 Å². The van der Waals surface area contributed by atoms with Crippen LogP contribution in [-0.4, -0.2) is 14.2 Å². The molecule has 2 aromatic rings. The molecule has 1 heterocycles. The SMILES string of the molecule is [2H]C([2H])(c1ccccc1)S(=O)(=O)OC1=C(N)O[C@]([2H])(c2cccc(F)c2F)C1=O. The van der Waals surface area contributed by atoms with Gasteiger partial charge in [-0.25, -0.2) is 8.78 Å². The largest absolute Gasteiger partial charge is 0.460 e. The van der Waals surface area contributed by atoms with Gasteiger partial charge in [0.15, 0.2) is 17.7 Å². The maximum Gasteiger partial charge on any atom is 0.313 e. The van der Waals surface area contributed by atoms with E-state index in [1.165, 1.54) is 30.3 Å². The summed E-state index contributed by atoms with van der Waals surface area (Å²) in [6.07, 6.45) is -2.94. The van der Waals surface area contributed by atoms with Crippen LogP contribution in [0.5, 0.6) is 0 Å². The van der Waals surface area contributed by atoms with Crippen LogP contribution < -0.4 is 5.73 Å². The quantitative estimate of drug-likeness (QED) is 0.795. The van der Waals surface area contributed by atoms with Gasteiger partial charge in [-0.05, 0) is 11.6 Å². The molecule has 0 spiro atoms. The highest BCUT2D eigenvalue weighted by Gasteiger charge is 2.41. The third-order valence-electron chi connectivity index (χ3n) is 3.25. The second-order valence-corrected chi connectivity index (χ2v) is 6.34. The second kappa shape index (κ2) is 6.75. The summed E-state index contributed by atoms with van der Waals surface area (Å²) in [6, 6.07) is 9.32. The van der Waals surface area contributed by atoms with Gasteiger partial charge in [-0.3, -0.25) is 4.79 Å². The van der Waals surface area contributed by atoms with Gasteiger partial charge >= 0.3 is 10.1 Å². The molecular formula is C17H13F2NO5S. The van der Waals surface area contributed by atoms with Crippen molar-refractivity contribution >= 4 is 15.9 Å². The van der Waals surface area contributed by atoms with Crippen molar-refractivity contribution in [2.45, 2.75) is 11.8 Å². The molecule has 1 atom stereocenters. The summed E-state index contributed by atoms with van der Waals surface area (Å²) in [7, 11) is -5.17. The van der Waals surface area contributed by atoms with Crippen molar-refractivity contribution in [2.24, 2.45) is 5.73 Å². The minimum absolute atomic E-state index is 0.293. The van der Waals surface area contributed by atoms with Crippen LogP contribution in [-0.2, 0) is 29.5 Å². The Kier molecular flexibility index (Phi) is 3.70. The second-order valence-electron chi connectivity index (χ2n) is 5.06. The van der Waals surface area contributed by atoms with Gasteiger partial charge in [-0.15, -0.1) is 0 Å². The molecule has 1 aliphatic heterocycles. The summed E-state index contributed by atoms with van der Waals surface area (Å²) < 4.78 is 85.7. The van der Waals surface area contributed by atoms with Crippen LogP contribution in [0.25, 0.3) is 0 Å². The highest BCUT2D eigenvalue weighted by Crippen LogP contribution is 2.34. The zero-order chi connectivity index (χ0) is 21.6. The number of benzene rings is 2. The standard InChI is InChI=1S/C17H13F2NO5S/c18-12-8-4-7-11(13(12)19)15-14(21)16(17(20)24-15)25-26(22,23)9-10-5-2-1-3-6-10/h1-8,15H,9,20H2/t15-/m1/s1/i9D2,15D. The lowest BCUT2D eigenvalue weighted by Gasteiger charge is -2.11. The predicted molar refractivity (Wildman–Crippen MR) is 86.6 cm³/mol. The average molecular weight is 384 g/mol. The third-order valence-corrected chi connectivity index (χ3v) is 4.13. The number of Topliss-reactive ketones (excluding diaryl/α,β-unsaturated/α-hetero) is 1. The van der Waals surface area contributed by atoms with E-state index in [0.29, 0.717) is 0 Å². The van der Waals surface area contributed by atoms with E-state index in [1.807, 2.05) is 0 Å². The zero-order valence-electron chi connectivity index (χ0n) is 15.9. The van der Waals surface area contributed by atoms with E-state index >= 15 is 0 Å². The van der Waals surface area contributed by atoms with Gasteiger partial charge in [0.05, 0.1) is 4.11 Å². The number of carbonyl (C=O) groups excluding carboxylic acids is 1. The molecular weight excluding hydrogens is 368 g/mol. The van der Waals surface area contributed by atoms with E-state index in [9.17, 15) is 22.0 Å². The smallest absolute Gasteiger partial charge is 0.313 e. The maximum absolute atomic E-state index is 14.1. The van der Waals surface area contributed by atoms with E-state index in [1.54, 1.807) is 0 Å². The van der Waals surface area contributed by atoms with Gasteiger partial charge in [-0.2, -0.15) is 8.42 Å². The molecule has 0 saturated carbocycles. The van der Waals surface area contributed by atoms with Crippen molar-refractivity contribution in [2.75, 3.05) is 0 Å². The molecule has 0 amide bonds. The Morgan fingerprint density at radius 1 is 1.19 bits per heavy atom. The van der Waals surface area contributed by atoms with Crippen LogP contribution in [0.2, 0.25) is 0 Å². The molecule has 136 valence electrons. The Balaban J connectivity index is 1.97. The van der Waals surface area contributed by atoms with Gasteiger partial charge in [0.2, 0.25) is 17.4 Å². The molecule has 0 fully saturated rings. The first-order chi connectivity index (χ1) is 13.4. The molecule has 0 saturated heterocycles. The molecule has 0 aliphatic carbocycles. The van der Waals surface area contributed by atoms with Gasteiger partial charge in [0.1, 0.15) is 5.70 Å². The lowest BCUT2D eigenvalue weighted by atomic mass is 10.1. The number of carbonyl (C=O) groups is 1. The van der Waals surface area contributed by atoms with Crippen LogP contribution in [0.15, 0.2) is 60.2 Å². The van der Waals surface area contributed by atoms with Crippen LogP contribution in [0.4, 0.5) is 8.78 Å². The van der Waals surface area contributed by atoms with Crippen molar-refractivity contribution in [3.05, 3.63) is 82.9 Å². The van der Waals surface area contributed by atoms with Crippen LogP contribution in [0, 0.1) is 11.6 Å². The van der Waals surface area contributed by atoms with Crippen molar-refractivity contribution in [3.63, 3.8) is 0 Å². The number of halogens is 2. The monoisotopic (exact) mass is 384 g/mol. The molecule has 26 heavy (non-hydrogen) atoms. The zero-order valence-corrected chi connectivity index (χ0v) is 13.7. The number of nitrogens with two attached hydrogens (primary N) is 1. The van der Waals surface area contributed by atoms with Gasteiger partial charge in [0.25, 0.3) is 0 Å². The highest BCUT2D eigenvalue weighted by atomic mass is 32.2. The van der Waals surface area contributed by atoms with Crippen molar-refractivity contribution in [1.82, 2.24) is 0 Å². The summed E-state index contributed by atoms with van der Waals surface area (Å²) in [5, 5.41) is 0. The summed E-state index contributed by atoms with van der Waals surface area (Å²) in [4.78, 5) is 12.6. The van der Waals surface area contributed by atoms with E-state index in [0.717, 1.165) is 18.2 Å². The summed E-state index contributed by atoms with van der Waals surface area (Å²) in [5.41, 5.74) is 1.20. The maximum atomic E-state index is 14.1. The summed E-state index contributed by atoms with van der Waals surface area (Å²) in [5.74, 6) is -6.66. The molecule has 0 aromatic heterocycles. The number of ketones is 1. The number of ether oxygens (including phenoxy) is 1. The van der Waals surface area contributed by atoms with Crippen LogP contribution in [0.1, 0.15) is 21.3 Å². The molecule has 0 radical (unpaired) electrons. The lowest BCUT2D eigenvalue weighted by molar-refractivity contribution is -0.123. The van der Waals surface area contributed by atoms with E-state index < -0.39 is 56.5 Å². The molecule has 2 aromatic carbocycles. The van der Waals surface area contributed by atoms with Gasteiger partial charge < -0.3 is 14.7 Å². The Labute approximate surface area is 152 Å². The molecule has 0 unspecified atom stereocenters. The molecule has 0 bridgehead atoms. The number of rotatable bonds is 5.